The number of hydrogen-bond donors (Lipinski definition) is 0. The Kier molecular flexibility index (Phi) is 3.47. The second-order valence-electron chi connectivity index (χ2n) is 4.01. The lowest BCUT2D eigenvalue weighted by atomic mass is 9.91. The zero-order valence-corrected chi connectivity index (χ0v) is 9.04. The van der Waals surface area contributed by atoms with Crippen molar-refractivity contribution in [2.24, 2.45) is 5.92 Å². The summed E-state index contributed by atoms with van der Waals surface area (Å²) in [7, 11) is 0. The lowest BCUT2D eigenvalue weighted by Crippen LogP contribution is -2.03. The zero-order chi connectivity index (χ0) is 9.84. The summed E-state index contributed by atoms with van der Waals surface area (Å²) < 4.78 is 0. The first-order chi connectivity index (χ1) is 6.15. The lowest BCUT2D eigenvalue weighted by Gasteiger charge is -2.15. The van der Waals surface area contributed by atoms with E-state index in [9.17, 15) is 0 Å². The molecule has 0 aliphatic rings. The SMILES string of the molecule is CCc1cncc([C@@H](C)C(C)C)c1. The van der Waals surface area contributed by atoms with E-state index in [0.29, 0.717) is 11.8 Å². The van der Waals surface area contributed by atoms with Gasteiger partial charge in [0.25, 0.3) is 0 Å². The van der Waals surface area contributed by atoms with E-state index in [1.807, 2.05) is 12.4 Å². The van der Waals surface area contributed by atoms with Crippen LogP contribution < -0.4 is 0 Å². The second kappa shape index (κ2) is 4.40. The molecule has 0 fully saturated rings. The molecule has 0 aliphatic heterocycles. The smallest absolute Gasteiger partial charge is 0.0302 e. The summed E-state index contributed by atoms with van der Waals surface area (Å²) in [4.78, 5) is 4.26. The van der Waals surface area contributed by atoms with Gasteiger partial charge < -0.3 is 0 Å². The Labute approximate surface area is 81.2 Å². The maximum atomic E-state index is 4.26. The quantitative estimate of drug-likeness (QED) is 0.689. The molecule has 0 N–H and O–H groups in total. The van der Waals surface area contributed by atoms with Gasteiger partial charge in [-0.15, -0.1) is 0 Å². The number of aromatic nitrogens is 1. The van der Waals surface area contributed by atoms with Crippen LogP contribution in [-0.2, 0) is 6.42 Å². The van der Waals surface area contributed by atoms with Gasteiger partial charge in [-0.25, -0.2) is 0 Å². The van der Waals surface area contributed by atoms with E-state index in [-0.39, 0.29) is 0 Å². The van der Waals surface area contributed by atoms with Gasteiger partial charge in [0, 0.05) is 12.4 Å². The molecule has 1 heteroatoms. The average molecular weight is 177 g/mol. The normalized spacial score (nSPS) is 13.3. The van der Waals surface area contributed by atoms with Crippen molar-refractivity contribution in [2.75, 3.05) is 0 Å². The molecule has 1 nitrogen and oxygen atoms in total. The van der Waals surface area contributed by atoms with Crippen LogP contribution in [0.25, 0.3) is 0 Å². The highest BCUT2D eigenvalue weighted by Crippen LogP contribution is 2.23. The van der Waals surface area contributed by atoms with E-state index in [4.69, 9.17) is 0 Å². The highest BCUT2D eigenvalue weighted by Gasteiger charge is 2.09. The van der Waals surface area contributed by atoms with Crippen LogP contribution in [0.15, 0.2) is 18.5 Å². The Morgan fingerprint density at radius 2 is 1.92 bits per heavy atom. The highest BCUT2D eigenvalue weighted by atomic mass is 14.6. The van der Waals surface area contributed by atoms with Crippen molar-refractivity contribution in [3.63, 3.8) is 0 Å². The van der Waals surface area contributed by atoms with Gasteiger partial charge in [0.2, 0.25) is 0 Å². The van der Waals surface area contributed by atoms with E-state index in [1.165, 1.54) is 11.1 Å². The average Bonchev–Trinajstić information content (AvgIpc) is 2.16. The van der Waals surface area contributed by atoms with Crippen LogP contribution in [0.5, 0.6) is 0 Å². The highest BCUT2D eigenvalue weighted by molar-refractivity contribution is 5.21. The minimum Gasteiger partial charge on any atom is -0.264 e. The minimum absolute atomic E-state index is 0.610. The summed E-state index contributed by atoms with van der Waals surface area (Å²) in [6, 6.07) is 2.28. The van der Waals surface area contributed by atoms with Gasteiger partial charge in [-0.2, -0.15) is 0 Å². The largest absolute Gasteiger partial charge is 0.264 e. The maximum Gasteiger partial charge on any atom is 0.0302 e. The molecule has 0 spiro atoms. The number of pyridine rings is 1. The van der Waals surface area contributed by atoms with Gasteiger partial charge >= 0.3 is 0 Å². The molecule has 1 heterocycles. The molecule has 0 radical (unpaired) electrons. The van der Waals surface area contributed by atoms with E-state index >= 15 is 0 Å². The van der Waals surface area contributed by atoms with Crippen molar-refractivity contribution in [1.82, 2.24) is 4.98 Å². The molecule has 1 aromatic rings. The first-order valence-electron chi connectivity index (χ1n) is 5.09. The number of rotatable bonds is 3. The van der Waals surface area contributed by atoms with E-state index in [2.05, 4.69) is 38.7 Å². The number of aryl methyl sites for hydroxylation is 1. The zero-order valence-electron chi connectivity index (χ0n) is 9.04. The van der Waals surface area contributed by atoms with Gasteiger partial charge in [-0.1, -0.05) is 33.8 Å². The molecular weight excluding hydrogens is 158 g/mol. The van der Waals surface area contributed by atoms with Crippen LogP contribution in [-0.4, -0.2) is 4.98 Å². The van der Waals surface area contributed by atoms with Gasteiger partial charge in [-0.3, -0.25) is 4.98 Å². The Balaban J connectivity index is 2.88. The molecule has 0 aromatic carbocycles. The molecule has 1 rings (SSSR count). The van der Waals surface area contributed by atoms with Crippen LogP contribution >= 0.6 is 0 Å². The Morgan fingerprint density at radius 1 is 1.23 bits per heavy atom. The molecule has 0 saturated heterocycles. The molecular formula is C12H19N. The summed E-state index contributed by atoms with van der Waals surface area (Å²) in [5, 5.41) is 0. The van der Waals surface area contributed by atoms with E-state index in [0.717, 1.165) is 6.42 Å². The summed E-state index contributed by atoms with van der Waals surface area (Å²) in [5.74, 6) is 1.30. The summed E-state index contributed by atoms with van der Waals surface area (Å²) >= 11 is 0. The number of nitrogens with zero attached hydrogens (tertiary/aromatic N) is 1. The molecule has 1 atom stereocenters. The van der Waals surface area contributed by atoms with Crippen LogP contribution in [0.4, 0.5) is 0 Å². The van der Waals surface area contributed by atoms with E-state index < -0.39 is 0 Å². The molecule has 72 valence electrons. The number of hydrogen-bond acceptors (Lipinski definition) is 1. The molecule has 13 heavy (non-hydrogen) atoms. The predicted octanol–water partition coefficient (Wildman–Crippen LogP) is 3.40. The molecule has 0 unspecified atom stereocenters. The van der Waals surface area contributed by atoms with Crippen LogP contribution in [0.1, 0.15) is 44.7 Å². The molecule has 0 amide bonds. The maximum absolute atomic E-state index is 4.26. The van der Waals surface area contributed by atoms with Crippen molar-refractivity contribution in [3.8, 4) is 0 Å². The monoisotopic (exact) mass is 177 g/mol. The summed E-state index contributed by atoms with van der Waals surface area (Å²) in [6.07, 6.45) is 5.02. The third kappa shape index (κ3) is 2.55. The molecule has 0 saturated carbocycles. The summed E-state index contributed by atoms with van der Waals surface area (Å²) in [6.45, 7) is 8.94. The van der Waals surface area contributed by atoms with Crippen molar-refractivity contribution < 1.29 is 0 Å². The van der Waals surface area contributed by atoms with Crippen molar-refractivity contribution >= 4 is 0 Å². The Bertz CT molecular complexity index is 266. The van der Waals surface area contributed by atoms with Gasteiger partial charge in [0.1, 0.15) is 0 Å². The fourth-order valence-corrected chi connectivity index (χ4v) is 1.33. The molecule has 1 aromatic heterocycles. The van der Waals surface area contributed by atoms with Crippen LogP contribution in [0.2, 0.25) is 0 Å². The Morgan fingerprint density at radius 3 is 2.46 bits per heavy atom. The molecule has 0 bridgehead atoms. The van der Waals surface area contributed by atoms with Gasteiger partial charge in [0.15, 0.2) is 0 Å². The topological polar surface area (TPSA) is 12.9 Å². The third-order valence-corrected chi connectivity index (χ3v) is 2.75. The van der Waals surface area contributed by atoms with Crippen molar-refractivity contribution in [3.05, 3.63) is 29.6 Å². The van der Waals surface area contributed by atoms with E-state index in [1.54, 1.807) is 0 Å². The standard InChI is InChI=1S/C12H19N/c1-5-11-6-12(8-13-7-11)10(4)9(2)3/h6-10H,5H2,1-4H3/t10-/m0/s1. The first-order valence-corrected chi connectivity index (χ1v) is 5.09. The fourth-order valence-electron chi connectivity index (χ4n) is 1.33. The van der Waals surface area contributed by atoms with Gasteiger partial charge in [0.05, 0.1) is 0 Å². The second-order valence-corrected chi connectivity index (χ2v) is 4.01. The minimum atomic E-state index is 0.610. The Hall–Kier alpha value is -0.850. The van der Waals surface area contributed by atoms with Crippen molar-refractivity contribution in [2.45, 2.75) is 40.0 Å². The predicted molar refractivity (Wildman–Crippen MR) is 56.9 cm³/mol. The fraction of sp³-hybridized carbons (Fsp3) is 0.583. The first kappa shape index (κ1) is 10.2. The van der Waals surface area contributed by atoms with Crippen LogP contribution in [0, 0.1) is 5.92 Å². The molecule has 0 aliphatic carbocycles. The van der Waals surface area contributed by atoms with Crippen molar-refractivity contribution in [1.29, 1.82) is 0 Å². The lowest BCUT2D eigenvalue weighted by molar-refractivity contribution is 0.533. The van der Waals surface area contributed by atoms with Gasteiger partial charge in [-0.05, 0) is 29.4 Å². The van der Waals surface area contributed by atoms with Crippen LogP contribution in [0.3, 0.4) is 0 Å². The third-order valence-electron chi connectivity index (χ3n) is 2.75. The summed E-state index contributed by atoms with van der Waals surface area (Å²) in [5.41, 5.74) is 2.71.